The normalized spacial score (nSPS) is 10.2. The summed E-state index contributed by atoms with van der Waals surface area (Å²) in [6.07, 6.45) is 3.36. The molecule has 0 radical (unpaired) electrons. The van der Waals surface area contributed by atoms with E-state index in [9.17, 15) is 4.79 Å². The zero-order valence-electron chi connectivity index (χ0n) is 15.9. The van der Waals surface area contributed by atoms with Crippen LogP contribution in [0.15, 0.2) is 48.8 Å². The van der Waals surface area contributed by atoms with Crippen molar-refractivity contribution in [1.82, 2.24) is 20.3 Å². The zero-order valence-corrected chi connectivity index (χ0v) is 15.9. The maximum atomic E-state index is 12.7. The van der Waals surface area contributed by atoms with Gasteiger partial charge in [-0.3, -0.25) is 9.78 Å². The number of amides is 1. The topological polar surface area (TPSA) is 98.3 Å². The fraction of sp³-hybridized carbons (Fsp3) is 0.200. The predicted molar refractivity (Wildman–Crippen MR) is 106 cm³/mol. The molecule has 3 rings (SSSR count). The number of ether oxygens (including phenoxy) is 2. The third-order valence-electron chi connectivity index (χ3n) is 4.05. The molecule has 0 saturated heterocycles. The van der Waals surface area contributed by atoms with Crippen LogP contribution < -0.4 is 20.1 Å². The summed E-state index contributed by atoms with van der Waals surface area (Å²) in [4.78, 5) is 25.7. The first-order valence-corrected chi connectivity index (χ1v) is 8.61. The molecule has 8 nitrogen and oxygen atoms in total. The number of carbonyl (C=O) groups excluding carboxylic acids is 1. The molecule has 144 valence electrons. The lowest BCUT2D eigenvalue weighted by atomic mass is 10.1. The molecule has 1 amide bonds. The van der Waals surface area contributed by atoms with E-state index in [1.54, 1.807) is 43.7 Å². The van der Waals surface area contributed by atoms with Crippen molar-refractivity contribution in [3.05, 3.63) is 60.0 Å². The van der Waals surface area contributed by atoms with Crippen LogP contribution in [-0.2, 0) is 6.54 Å². The van der Waals surface area contributed by atoms with Crippen molar-refractivity contribution in [3.63, 3.8) is 0 Å². The molecular formula is C20H21N5O3. The molecule has 2 N–H and O–H groups in total. The highest BCUT2D eigenvalue weighted by atomic mass is 16.5. The summed E-state index contributed by atoms with van der Waals surface area (Å²) in [6, 6.07) is 10.6. The van der Waals surface area contributed by atoms with E-state index in [2.05, 4.69) is 25.6 Å². The molecule has 2 heterocycles. The number of nitrogens with one attached hydrogen (secondary N) is 2. The Bertz CT molecular complexity index is 963. The van der Waals surface area contributed by atoms with Crippen LogP contribution in [0.5, 0.6) is 11.5 Å². The van der Waals surface area contributed by atoms with E-state index in [1.807, 2.05) is 12.1 Å². The molecule has 0 aliphatic heterocycles. The fourth-order valence-corrected chi connectivity index (χ4v) is 2.68. The Morgan fingerprint density at radius 1 is 1.07 bits per heavy atom. The van der Waals surface area contributed by atoms with Gasteiger partial charge in [-0.1, -0.05) is 6.07 Å². The minimum Gasteiger partial charge on any atom is -0.493 e. The number of hydrogen-bond donors (Lipinski definition) is 2. The number of aromatic nitrogens is 3. The maximum Gasteiger partial charge on any atom is 0.255 e. The SMILES string of the molecule is CNc1cc(CNC(=O)c2cccc(OC)c2OC)nc(-c2ccncc2)n1. The van der Waals surface area contributed by atoms with Crippen LogP contribution >= 0.6 is 0 Å². The number of methoxy groups -OCH3 is 2. The molecule has 2 aromatic heterocycles. The maximum absolute atomic E-state index is 12.7. The lowest BCUT2D eigenvalue weighted by Crippen LogP contribution is -2.24. The van der Waals surface area contributed by atoms with Crippen LogP contribution in [0.1, 0.15) is 16.1 Å². The molecule has 3 aromatic rings. The van der Waals surface area contributed by atoms with Gasteiger partial charge >= 0.3 is 0 Å². The molecule has 0 atom stereocenters. The molecule has 1 aromatic carbocycles. The number of hydrogen-bond acceptors (Lipinski definition) is 7. The summed E-state index contributed by atoms with van der Waals surface area (Å²) in [5.41, 5.74) is 1.90. The van der Waals surface area contributed by atoms with E-state index >= 15 is 0 Å². The first kappa shape index (κ1) is 19.1. The number of anilines is 1. The van der Waals surface area contributed by atoms with Gasteiger partial charge < -0.3 is 20.1 Å². The first-order chi connectivity index (χ1) is 13.7. The van der Waals surface area contributed by atoms with Crippen LogP contribution in [0.25, 0.3) is 11.4 Å². The molecule has 0 saturated carbocycles. The van der Waals surface area contributed by atoms with Gasteiger partial charge in [0.05, 0.1) is 32.0 Å². The zero-order chi connectivity index (χ0) is 19.9. The lowest BCUT2D eigenvalue weighted by Gasteiger charge is -2.13. The average Bonchev–Trinajstić information content (AvgIpc) is 2.77. The number of pyridine rings is 1. The number of carbonyl (C=O) groups is 1. The summed E-state index contributed by atoms with van der Waals surface area (Å²) in [5.74, 6) is 1.81. The second-order valence-corrected chi connectivity index (χ2v) is 5.78. The molecule has 0 aliphatic carbocycles. The van der Waals surface area contributed by atoms with Crippen molar-refractivity contribution in [2.45, 2.75) is 6.54 Å². The van der Waals surface area contributed by atoms with Crippen molar-refractivity contribution in [3.8, 4) is 22.9 Å². The van der Waals surface area contributed by atoms with E-state index < -0.39 is 0 Å². The van der Waals surface area contributed by atoms with E-state index in [4.69, 9.17) is 9.47 Å². The van der Waals surface area contributed by atoms with E-state index in [0.29, 0.717) is 34.4 Å². The van der Waals surface area contributed by atoms with Crippen LogP contribution in [0.4, 0.5) is 5.82 Å². The summed E-state index contributed by atoms with van der Waals surface area (Å²) in [5, 5.41) is 5.88. The van der Waals surface area contributed by atoms with Crippen molar-refractivity contribution in [2.75, 3.05) is 26.6 Å². The number of para-hydroxylation sites is 1. The summed E-state index contributed by atoms with van der Waals surface area (Å²) >= 11 is 0. The largest absolute Gasteiger partial charge is 0.493 e. The van der Waals surface area contributed by atoms with Crippen LogP contribution in [0, 0.1) is 0 Å². The highest BCUT2D eigenvalue weighted by Crippen LogP contribution is 2.30. The second-order valence-electron chi connectivity index (χ2n) is 5.78. The van der Waals surface area contributed by atoms with Crippen LogP contribution in [-0.4, -0.2) is 42.1 Å². The molecule has 8 heteroatoms. The quantitative estimate of drug-likeness (QED) is 0.651. The predicted octanol–water partition coefficient (Wildman–Crippen LogP) is 2.53. The van der Waals surface area contributed by atoms with Gasteiger partial charge in [0, 0.05) is 31.1 Å². The molecule has 0 aliphatic rings. The Hall–Kier alpha value is -3.68. The van der Waals surface area contributed by atoms with E-state index in [0.717, 1.165) is 5.56 Å². The van der Waals surface area contributed by atoms with E-state index in [-0.39, 0.29) is 12.5 Å². The smallest absolute Gasteiger partial charge is 0.255 e. The second kappa shape index (κ2) is 8.81. The fourth-order valence-electron chi connectivity index (χ4n) is 2.68. The van der Waals surface area contributed by atoms with Gasteiger partial charge in [-0.25, -0.2) is 9.97 Å². The first-order valence-electron chi connectivity index (χ1n) is 8.61. The Morgan fingerprint density at radius 2 is 1.86 bits per heavy atom. The standard InChI is InChI=1S/C20H21N5O3/c1-21-17-11-14(24-19(25-17)13-7-9-22-10-8-13)12-23-20(26)15-5-4-6-16(27-2)18(15)28-3/h4-11H,12H2,1-3H3,(H,23,26)(H,21,24,25). The molecule has 0 spiro atoms. The summed E-state index contributed by atoms with van der Waals surface area (Å²) in [6.45, 7) is 0.231. The average molecular weight is 379 g/mol. The highest BCUT2D eigenvalue weighted by Gasteiger charge is 2.16. The minimum absolute atomic E-state index is 0.231. The van der Waals surface area contributed by atoms with Crippen molar-refractivity contribution in [1.29, 1.82) is 0 Å². The Labute approximate surface area is 163 Å². The molecule has 0 bridgehead atoms. The minimum atomic E-state index is -0.286. The number of rotatable bonds is 7. The lowest BCUT2D eigenvalue weighted by molar-refractivity contribution is 0.0946. The van der Waals surface area contributed by atoms with Gasteiger partial charge in [-0.15, -0.1) is 0 Å². The van der Waals surface area contributed by atoms with Gasteiger partial charge in [0.25, 0.3) is 5.91 Å². The van der Waals surface area contributed by atoms with Crippen LogP contribution in [0.2, 0.25) is 0 Å². The Balaban J connectivity index is 1.82. The van der Waals surface area contributed by atoms with Gasteiger partial charge in [-0.2, -0.15) is 0 Å². The summed E-state index contributed by atoms with van der Waals surface area (Å²) < 4.78 is 10.6. The van der Waals surface area contributed by atoms with Crippen molar-refractivity contribution in [2.24, 2.45) is 0 Å². The summed E-state index contributed by atoms with van der Waals surface area (Å²) in [7, 11) is 4.81. The number of benzene rings is 1. The highest BCUT2D eigenvalue weighted by molar-refractivity contribution is 5.97. The molecule has 0 unspecified atom stereocenters. The monoisotopic (exact) mass is 379 g/mol. The van der Waals surface area contributed by atoms with Crippen molar-refractivity contribution >= 4 is 11.7 Å². The molecule has 0 fully saturated rings. The third kappa shape index (κ3) is 4.17. The number of nitrogens with zero attached hydrogens (tertiary/aromatic N) is 3. The van der Waals surface area contributed by atoms with Crippen molar-refractivity contribution < 1.29 is 14.3 Å². The van der Waals surface area contributed by atoms with Gasteiger partial charge in [0.1, 0.15) is 5.82 Å². The Kier molecular flexibility index (Phi) is 6.01. The van der Waals surface area contributed by atoms with Gasteiger partial charge in [0.15, 0.2) is 17.3 Å². The molecular weight excluding hydrogens is 358 g/mol. The van der Waals surface area contributed by atoms with Gasteiger partial charge in [0.2, 0.25) is 0 Å². The van der Waals surface area contributed by atoms with E-state index in [1.165, 1.54) is 14.2 Å². The Morgan fingerprint density at radius 3 is 2.54 bits per heavy atom. The molecule has 28 heavy (non-hydrogen) atoms. The van der Waals surface area contributed by atoms with Gasteiger partial charge in [-0.05, 0) is 24.3 Å². The third-order valence-corrected chi connectivity index (χ3v) is 4.05. The van der Waals surface area contributed by atoms with Crippen LogP contribution in [0.3, 0.4) is 0 Å².